The van der Waals surface area contributed by atoms with Crippen molar-refractivity contribution < 1.29 is 29.3 Å². The SMILES string of the molecule is CC(C)(C)OC(=O)C12C3CC([C@H]1O)[C@@](O)(c1ccccc1)C(C3)N2C(=O)OCc1ccccc1. The molecule has 0 aromatic heterocycles. The van der Waals surface area contributed by atoms with Crippen LogP contribution in [-0.4, -0.2) is 50.5 Å². The Morgan fingerprint density at radius 3 is 2.26 bits per heavy atom. The van der Waals surface area contributed by atoms with Crippen LogP contribution in [0.2, 0.25) is 0 Å². The van der Waals surface area contributed by atoms with Gasteiger partial charge in [-0.15, -0.1) is 0 Å². The number of ether oxygens (including phenoxy) is 2. The molecule has 2 heterocycles. The van der Waals surface area contributed by atoms with Gasteiger partial charge in [-0.3, -0.25) is 4.90 Å². The quantitative estimate of drug-likeness (QED) is 0.672. The van der Waals surface area contributed by atoms with Gasteiger partial charge in [0.25, 0.3) is 0 Å². The number of piperidine rings is 1. The minimum Gasteiger partial charge on any atom is -0.458 e. The van der Waals surface area contributed by atoms with Crippen LogP contribution in [0.25, 0.3) is 0 Å². The van der Waals surface area contributed by atoms with E-state index < -0.39 is 46.9 Å². The summed E-state index contributed by atoms with van der Waals surface area (Å²) in [5.41, 5.74) is -2.49. The predicted molar refractivity (Wildman–Crippen MR) is 123 cm³/mol. The third kappa shape index (κ3) is 3.17. The summed E-state index contributed by atoms with van der Waals surface area (Å²) in [5.74, 6) is -1.58. The minimum absolute atomic E-state index is 0.0151. The van der Waals surface area contributed by atoms with Gasteiger partial charge >= 0.3 is 12.1 Å². The second-order valence-corrected chi connectivity index (χ2v) is 10.7. The van der Waals surface area contributed by atoms with E-state index in [0.717, 1.165) is 5.56 Å². The molecule has 0 spiro atoms. The first kappa shape index (κ1) is 22.9. The number of benzene rings is 2. The number of hydrogen-bond acceptors (Lipinski definition) is 6. The molecule has 4 bridgehead atoms. The zero-order valence-corrected chi connectivity index (χ0v) is 19.7. The first-order valence-electron chi connectivity index (χ1n) is 11.8. The molecule has 2 aromatic rings. The third-order valence-electron chi connectivity index (χ3n) is 7.65. The van der Waals surface area contributed by atoms with Crippen molar-refractivity contribution in [1.82, 2.24) is 4.90 Å². The Bertz CT molecular complexity index is 1080. The van der Waals surface area contributed by atoms with Gasteiger partial charge in [-0.2, -0.15) is 0 Å². The Morgan fingerprint density at radius 1 is 1.03 bits per heavy atom. The lowest BCUT2D eigenvalue weighted by molar-refractivity contribution is -0.203. The van der Waals surface area contributed by atoms with E-state index in [1.807, 2.05) is 48.5 Å². The zero-order chi connectivity index (χ0) is 24.3. The van der Waals surface area contributed by atoms with E-state index >= 15 is 0 Å². The number of amides is 1. The lowest BCUT2D eigenvalue weighted by atomic mass is 9.68. The van der Waals surface area contributed by atoms with Gasteiger partial charge in [-0.1, -0.05) is 60.7 Å². The van der Waals surface area contributed by atoms with E-state index in [2.05, 4.69) is 0 Å². The number of aliphatic hydroxyl groups is 2. The van der Waals surface area contributed by atoms with Crippen molar-refractivity contribution in [3.05, 3.63) is 71.8 Å². The highest BCUT2D eigenvalue weighted by Gasteiger charge is 2.81. The Kier molecular flexibility index (Phi) is 5.26. The highest BCUT2D eigenvalue weighted by Crippen LogP contribution is 2.66. The van der Waals surface area contributed by atoms with Gasteiger partial charge in [-0.25, -0.2) is 9.59 Å². The maximum atomic E-state index is 13.7. The lowest BCUT2D eigenvalue weighted by Gasteiger charge is -2.53. The summed E-state index contributed by atoms with van der Waals surface area (Å²) >= 11 is 0. The first-order valence-corrected chi connectivity index (χ1v) is 11.8. The van der Waals surface area contributed by atoms with Crippen molar-refractivity contribution in [2.45, 2.75) is 69.1 Å². The largest absolute Gasteiger partial charge is 0.458 e. The van der Waals surface area contributed by atoms with Gasteiger partial charge < -0.3 is 19.7 Å². The van der Waals surface area contributed by atoms with E-state index in [1.54, 1.807) is 32.9 Å². The van der Waals surface area contributed by atoms with Crippen LogP contribution in [0, 0.1) is 11.8 Å². The monoisotopic (exact) mass is 465 g/mol. The Labute approximate surface area is 199 Å². The molecule has 2 saturated heterocycles. The maximum absolute atomic E-state index is 13.7. The highest BCUT2D eigenvalue weighted by molar-refractivity contribution is 5.90. The summed E-state index contributed by atoms with van der Waals surface area (Å²) in [6.07, 6.45) is -1.25. The molecule has 1 amide bonds. The van der Waals surface area contributed by atoms with Crippen molar-refractivity contribution in [3.8, 4) is 0 Å². The summed E-state index contributed by atoms with van der Waals surface area (Å²) in [6, 6.07) is 17.6. The smallest absolute Gasteiger partial charge is 0.411 e. The molecule has 7 nitrogen and oxygen atoms in total. The van der Waals surface area contributed by atoms with Gasteiger partial charge in [0.15, 0.2) is 5.54 Å². The van der Waals surface area contributed by atoms with Crippen LogP contribution in [0.4, 0.5) is 4.79 Å². The summed E-state index contributed by atoms with van der Waals surface area (Å²) in [6.45, 7) is 5.28. The molecule has 4 fully saturated rings. The van der Waals surface area contributed by atoms with E-state index in [1.165, 1.54) is 4.90 Å². The molecule has 6 atom stereocenters. The van der Waals surface area contributed by atoms with Crippen molar-refractivity contribution in [3.63, 3.8) is 0 Å². The van der Waals surface area contributed by atoms with Crippen LogP contribution in [-0.2, 0) is 26.5 Å². The average Bonchev–Trinajstić information content (AvgIpc) is 3.25. The van der Waals surface area contributed by atoms with Crippen molar-refractivity contribution in [2.24, 2.45) is 11.8 Å². The normalized spacial score (nSPS) is 33.7. The van der Waals surface area contributed by atoms with E-state index in [0.29, 0.717) is 18.4 Å². The summed E-state index contributed by atoms with van der Waals surface area (Å²) < 4.78 is 11.4. The maximum Gasteiger partial charge on any atom is 0.411 e. The fourth-order valence-corrected chi connectivity index (χ4v) is 6.38. The topological polar surface area (TPSA) is 96.3 Å². The number of hydrogen-bond donors (Lipinski definition) is 2. The van der Waals surface area contributed by atoms with Gasteiger partial charge in [0.05, 0.1) is 12.1 Å². The highest BCUT2D eigenvalue weighted by atomic mass is 16.6. The lowest BCUT2D eigenvalue weighted by Crippen LogP contribution is -2.72. The van der Waals surface area contributed by atoms with Crippen molar-refractivity contribution >= 4 is 12.1 Å². The van der Waals surface area contributed by atoms with Crippen LogP contribution < -0.4 is 0 Å². The molecule has 0 radical (unpaired) electrons. The average molecular weight is 466 g/mol. The van der Waals surface area contributed by atoms with E-state index in [4.69, 9.17) is 9.47 Å². The summed E-state index contributed by atoms with van der Waals surface area (Å²) in [4.78, 5) is 28.6. The minimum atomic E-state index is -1.59. The number of rotatable bonds is 4. The van der Waals surface area contributed by atoms with Gasteiger partial charge in [0.2, 0.25) is 0 Å². The molecule has 2 saturated carbocycles. The van der Waals surface area contributed by atoms with E-state index in [-0.39, 0.29) is 12.5 Å². The molecular weight excluding hydrogens is 434 g/mol. The number of aliphatic hydroxyl groups excluding tert-OH is 1. The van der Waals surface area contributed by atoms with E-state index in [9.17, 15) is 19.8 Å². The summed E-state index contributed by atoms with van der Waals surface area (Å²) in [5, 5.41) is 23.7. The van der Waals surface area contributed by atoms with Gasteiger partial charge in [-0.05, 0) is 50.7 Å². The molecule has 2 aliphatic carbocycles. The Morgan fingerprint density at radius 2 is 1.65 bits per heavy atom. The molecule has 6 rings (SSSR count). The number of nitrogens with zero attached hydrogens (tertiary/aromatic N) is 1. The summed E-state index contributed by atoms with van der Waals surface area (Å²) in [7, 11) is 0. The Balaban J connectivity index is 1.57. The van der Waals surface area contributed by atoms with Crippen LogP contribution in [0.15, 0.2) is 60.7 Å². The van der Waals surface area contributed by atoms with Gasteiger partial charge in [0.1, 0.15) is 17.8 Å². The second-order valence-electron chi connectivity index (χ2n) is 10.7. The van der Waals surface area contributed by atoms with Crippen LogP contribution in [0.3, 0.4) is 0 Å². The zero-order valence-electron chi connectivity index (χ0n) is 19.7. The number of carbonyl (C=O) groups is 2. The molecule has 2 aliphatic heterocycles. The molecule has 180 valence electrons. The molecular formula is C27H31NO6. The van der Waals surface area contributed by atoms with Crippen LogP contribution in [0.1, 0.15) is 44.7 Å². The Hall–Kier alpha value is -2.90. The fourth-order valence-electron chi connectivity index (χ4n) is 6.38. The predicted octanol–water partition coefficient (Wildman–Crippen LogP) is 3.38. The van der Waals surface area contributed by atoms with Crippen LogP contribution in [0.5, 0.6) is 0 Å². The molecule has 2 N–H and O–H groups in total. The molecule has 4 unspecified atom stereocenters. The standard InChI is InChI=1S/C27H31NO6/c1-25(2,3)34-23(30)26-19-14-20(22(26)29)27(32,18-12-8-5-9-13-18)21(15-19)28(26)24(31)33-16-17-10-6-4-7-11-17/h4-13,19-22,29,32H,14-16H2,1-3H3/t19?,20?,21?,22-,26?,27+/m1/s1. The number of carbonyl (C=O) groups excluding carboxylic acids is 2. The molecule has 4 aliphatic rings. The first-order chi connectivity index (χ1) is 16.1. The molecule has 7 heteroatoms. The van der Waals surface area contributed by atoms with Gasteiger partial charge in [0, 0.05) is 5.92 Å². The van der Waals surface area contributed by atoms with Crippen LogP contribution >= 0.6 is 0 Å². The van der Waals surface area contributed by atoms with Crippen molar-refractivity contribution in [1.29, 1.82) is 0 Å². The molecule has 34 heavy (non-hydrogen) atoms. The van der Waals surface area contributed by atoms with Crippen molar-refractivity contribution in [2.75, 3.05) is 0 Å². The fraction of sp³-hybridized carbons (Fsp3) is 0.481. The third-order valence-corrected chi connectivity index (χ3v) is 7.65. The molecule has 2 aromatic carbocycles. The second kappa shape index (κ2) is 7.82. The number of esters is 1.